The van der Waals surface area contributed by atoms with Crippen LogP contribution < -0.4 is 0 Å². The largest absolute Gasteiger partial charge is 0.394 e. The molecule has 3 heterocycles. The van der Waals surface area contributed by atoms with E-state index in [4.69, 9.17) is 0 Å². The zero-order chi connectivity index (χ0) is 26.1. The van der Waals surface area contributed by atoms with Crippen LogP contribution in [0.5, 0.6) is 0 Å². The lowest BCUT2D eigenvalue weighted by Crippen LogP contribution is -2.60. The molecule has 35 heavy (non-hydrogen) atoms. The lowest BCUT2D eigenvalue weighted by molar-refractivity contribution is -0.147. The van der Waals surface area contributed by atoms with Gasteiger partial charge in [0.05, 0.1) is 29.2 Å². The van der Waals surface area contributed by atoms with E-state index in [2.05, 4.69) is 27.0 Å². The van der Waals surface area contributed by atoms with E-state index in [0.717, 1.165) is 19.3 Å². The molecule has 3 aliphatic heterocycles. The van der Waals surface area contributed by atoms with Crippen molar-refractivity contribution in [3.63, 3.8) is 0 Å². The zero-order valence-electron chi connectivity index (χ0n) is 22.0. The summed E-state index contributed by atoms with van der Waals surface area (Å²) in [6.45, 7) is 16.4. The molecular weight excluding hydrogens is 462 g/mol. The molecule has 8 atom stereocenters. The Morgan fingerprint density at radius 1 is 1.26 bits per heavy atom. The standard InChI is InChI=1S/C27H43N3O4S/c1-8-12-18(6)29(14-10-3)26(34)23-27-17(5)15-20(35-27)21(24(32)28(7)13-9-2)22(27)25(33)30(23)19(11-4)16-31/h9-10,17-23,31H,2-3,8,11-16H2,1,4-7H3/t17?,18?,19-,20-,21+,22-,23?,27?/m0/s1. The molecule has 0 aromatic rings. The number of nitrogens with zero attached hydrogens (tertiary/aromatic N) is 3. The molecule has 0 aromatic heterocycles. The fourth-order valence-corrected chi connectivity index (χ4v) is 9.12. The molecule has 3 amide bonds. The van der Waals surface area contributed by atoms with Gasteiger partial charge in [-0.1, -0.05) is 39.3 Å². The average Bonchev–Trinajstić information content (AvgIpc) is 3.42. The summed E-state index contributed by atoms with van der Waals surface area (Å²) in [4.78, 5) is 47.3. The summed E-state index contributed by atoms with van der Waals surface area (Å²) in [5.41, 5.74) is 0. The van der Waals surface area contributed by atoms with E-state index in [0.29, 0.717) is 19.5 Å². The quantitative estimate of drug-likeness (QED) is 0.413. The summed E-state index contributed by atoms with van der Waals surface area (Å²) in [6.07, 6.45) is 6.56. The smallest absolute Gasteiger partial charge is 0.247 e. The zero-order valence-corrected chi connectivity index (χ0v) is 22.8. The Hall–Kier alpha value is -1.80. The van der Waals surface area contributed by atoms with Crippen molar-refractivity contribution >= 4 is 29.5 Å². The molecule has 3 fully saturated rings. The van der Waals surface area contributed by atoms with Crippen LogP contribution in [-0.4, -0.2) is 92.4 Å². The second-order valence-corrected chi connectivity index (χ2v) is 12.0. The van der Waals surface area contributed by atoms with Crippen LogP contribution in [0.4, 0.5) is 0 Å². The van der Waals surface area contributed by atoms with Gasteiger partial charge in [0.25, 0.3) is 0 Å². The number of likely N-dealkylation sites (N-methyl/N-ethyl adjacent to an activating group) is 1. The van der Waals surface area contributed by atoms with Crippen LogP contribution in [-0.2, 0) is 14.4 Å². The highest BCUT2D eigenvalue weighted by Crippen LogP contribution is 2.69. The third-order valence-corrected chi connectivity index (χ3v) is 10.5. The Bertz CT molecular complexity index is 846. The van der Waals surface area contributed by atoms with Gasteiger partial charge in [-0.2, -0.15) is 0 Å². The minimum Gasteiger partial charge on any atom is -0.394 e. The molecule has 0 radical (unpaired) electrons. The molecule has 7 nitrogen and oxygen atoms in total. The van der Waals surface area contributed by atoms with Crippen molar-refractivity contribution in [3.8, 4) is 0 Å². The Kier molecular flexibility index (Phi) is 8.79. The number of rotatable bonds is 12. The highest BCUT2D eigenvalue weighted by molar-refractivity contribution is 8.02. The summed E-state index contributed by atoms with van der Waals surface area (Å²) >= 11 is 1.68. The highest BCUT2D eigenvalue weighted by atomic mass is 32.2. The van der Waals surface area contributed by atoms with Crippen LogP contribution in [0.25, 0.3) is 0 Å². The molecule has 196 valence electrons. The van der Waals surface area contributed by atoms with Gasteiger partial charge in [-0.15, -0.1) is 24.9 Å². The van der Waals surface area contributed by atoms with Crippen LogP contribution >= 0.6 is 11.8 Å². The Morgan fingerprint density at radius 3 is 2.46 bits per heavy atom. The van der Waals surface area contributed by atoms with Crippen molar-refractivity contribution < 1.29 is 19.5 Å². The van der Waals surface area contributed by atoms with Gasteiger partial charge in [-0.3, -0.25) is 14.4 Å². The summed E-state index contributed by atoms with van der Waals surface area (Å²) in [5, 5.41) is 10.2. The number of carbonyl (C=O) groups is 3. The monoisotopic (exact) mass is 505 g/mol. The number of aliphatic hydroxyl groups excluding tert-OH is 1. The Balaban J connectivity index is 2.13. The molecule has 4 unspecified atom stereocenters. The SMILES string of the molecule is C=CCN(C)C(=O)[C@@H]1[C@@H]2CC(C)C3(S2)C(C(=O)N(CC=C)C(C)CCC)N([C@@H](CC)CO)C(=O)[C@H]13. The van der Waals surface area contributed by atoms with Gasteiger partial charge in [-0.05, 0) is 32.1 Å². The first-order chi connectivity index (χ1) is 16.7. The molecule has 3 rings (SSSR count). The first-order valence-electron chi connectivity index (χ1n) is 13.0. The summed E-state index contributed by atoms with van der Waals surface area (Å²) < 4.78 is -0.678. The molecule has 0 saturated carbocycles. The van der Waals surface area contributed by atoms with Crippen LogP contribution in [0.15, 0.2) is 25.3 Å². The van der Waals surface area contributed by atoms with E-state index < -0.39 is 28.7 Å². The molecule has 3 aliphatic rings. The number of likely N-dealkylation sites (tertiary alicyclic amines) is 1. The summed E-state index contributed by atoms with van der Waals surface area (Å²) in [5.74, 6) is -1.22. The van der Waals surface area contributed by atoms with Gasteiger partial charge in [0.2, 0.25) is 17.7 Å². The third kappa shape index (κ3) is 4.35. The van der Waals surface area contributed by atoms with Crippen molar-refractivity contribution in [2.24, 2.45) is 17.8 Å². The van der Waals surface area contributed by atoms with E-state index >= 15 is 0 Å². The van der Waals surface area contributed by atoms with Crippen LogP contribution in [0.2, 0.25) is 0 Å². The van der Waals surface area contributed by atoms with Gasteiger partial charge in [0.15, 0.2) is 0 Å². The van der Waals surface area contributed by atoms with Crippen molar-refractivity contribution in [1.29, 1.82) is 0 Å². The molecule has 1 spiro atoms. The fraction of sp³-hybridized carbons (Fsp3) is 0.741. The number of carbonyl (C=O) groups excluding carboxylic acids is 3. The van der Waals surface area contributed by atoms with Crippen molar-refractivity contribution in [1.82, 2.24) is 14.7 Å². The first-order valence-corrected chi connectivity index (χ1v) is 13.9. The van der Waals surface area contributed by atoms with Crippen LogP contribution in [0, 0.1) is 17.8 Å². The second kappa shape index (κ2) is 11.1. The fourth-order valence-electron chi connectivity index (χ4n) is 6.72. The lowest BCUT2D eigenvalue weighted by Gasteiger charge is -2.43. The Morgan fingerprint density at radius 2 is 1.91 bits per heavy atom. The summed E-state index contributed by atoms with van der Waals surface area (Å²) in [6, 6.07) is -1.16. The van der Waals surface area contributed by atoms with E-state index in [1.165, 1.54) is 0 Å². The minimum atomic E-state index is -0.705. The topological polar surface area (TPSA) is 81.2 Å². The maximum absolute atomic E-state index is 14.4. The van der Waals surface area contributed by atoms with E-state index in [9.17, 15) is 19.5 Å². The number of fused-ring (bicyclic) bond motifs is 1. The predicted octanol–water partition coefficient (Wildman–Crippen LogP) is 2.94. The molecular formula is C27H43N3O4S. The van der Waals surface area contributed by atoms with Gasteiger partial charge in [-0.25, -0.2) is 0 Å². The lowest BCUT2D eigenvalue weighted by atomic mass is 9.65. The maximum atomic E-state index is 14.4. The highest BCUT2D eigenvalue weighted by Gasteiger charge is 2.76. The maximum Gasteiger partial charge on any atom is 0.247 e. The molecule has 1 N–H and O–H groups in total. The van der Waals surface area contributed by atoms with E-state index in [1.54, 1.807) is 40.8 Å². The predicted molar refractivity (Wildman–Crippen MR) is 141 cm³/mol. The molecule has 0 aliphatic carbocycles. The number of hydrogen-bond donors (Lipinski definition) is 1. The van der Waals surface area contributed by atoms with Crippen molar-refractivity contribution in [3.05, 3.63) is 25.3 Å². The molecule has 0 aromatic carbocycles. The number of aliphatic hydroxyl groups is 1. The number of thioether (sulfide) groups is 1. The van der Waals surface area contributed by atoms with Gasteiger partial charge in [0, 0.05) is 31.4 Å². The first kappa shape index (κ1) is 27.8. The molecule has 3 saturated heterocycles. The van der Waals surface area contributed by atoms with Crippen LogP contribution in [0.1, 0.15) is 53.4 Å². The minimum absolute atomic E-state index is 0.00201. The summed E-state index contributed by atoms with van der Waals surface area (Å²) in [7, 11) is 1.75. The van der Waals surface area contributed by atoms with Crippen LogP contribution in [0.3, 0.4) is 0 Å². The average molecular weight is 506 g/mol. The second-order valence-electron chi connectivity index (χ2n) is 10.5. The normalized spacial score (nSPS) is 32.8. The molecule has 2 bridgehead atoms. The van der Waals surface area contributed by atoms with Gasteiger partial charge >= 0.3 is 0 Å². The Labute approximate surface area is 215 Å². The van der Waals surface area contributed by atoms with E-state index in [-0.39, 0.29) is 41.5 Å². The van der Waals surface area contributed by atoms with Crippen molar-refractivity contribution in [2.75, 3.05) is 26.7 Å². The number of hydrogen-bond acceptors (Lipinski definition) is 5. The molecule has 8 heteroatoms. The van der Waals surface area contributed by atoms with Gasteiger partial charge < -0.3 is 19.8 Å². The van der Waals surface area contributed by atoms with Crippen molar-refractivity contribution in [2.45, 2.75) is 81.5 Å². The number of amides is 3. The van der Waals surface area contributed by atoms with E-state index in [1.807, 2.05) is 18.7 Å². The van der Waals surface area contributed by atoms with Gasteiger partial charge in [0.1, 0.15) is 6.04 Å². The third-order valence-electron chi connectivity index (χ3n) is 8.40.